The van der Waals surface area contributed by atoms with E-state index in [9.17, 15) is 10.1 Å². The number of ether oxygens (including phenoxy) is 3. The van der Waals surface area contributed by atoms with Gasteiger partial charge >= 0.3 is 5.69 Å². The van der Waals surface area contributed by atoms with E-state index in [1.165, 1.54) is 6.07 Å². The summed E-state index contributed by atoms with van der Waals surface area (Å²) < 4.78 is 16.6. The topological polar surface area (TPSA) is 70.8 Å². The molecule has 0 N–H and O–H groups in total. The molecule has 0 aliphatic rings. The first-order valence-electron chi connectivity index (χ1n) is 8.33. The molecule has 2 aromatic rings. The van der Waals surface area contributed by atoms with Crippen molar-refractivity contribution in [1.82, 2.24) is 0 Å². The molecule has 0 saturated heterocycles. The van der Waals surface area contributed by atoms with E-state index in [1.807, 2.05) is 38.1 Å². The molecular formula is C19H23NO5. The quantitative estimate of drug-likeness (QED) is 0.359. The van der Waals surface area contributed by atoms with Gasteiger partial charge in [-0.15, -0.1) is 0 Å². The smallest absolute Gasteiger partial charge is 0.311 e. The summed E-state index contributed by atoms with van der Waals surface area (Å²) in [6, 6.07) is 12.5. The van der Waals surface area contributed by atoms with Crippen LogP contribution in [0, 0.1) is 17.0 Å². The van der Waals surface area contributed by atoms with E-state index >= 15 is 0 Å². The fourth-order valence-electron chi connectivity index (χ4n) is 2.27. The SMILES string of the molecule is CCOc1ccc(OCCCCOc2ccc(C)cc2[N+](=O)[O-])cc1. The molecule has 6 nitrogen and oxygen atoms in total. The maximum atomic E-state index is 11.0. The standard InChI is InChI=1S/C19H23NO5/c1-3-23-16-7-9-17(10-8-16)24-12-4-5-13-25-19-11-6-15(2)14-18(19)20(21)22/h6-11,14H,3-5,12-13H2,1-2H3. The molecule has 2 aromatic carbocycles. The Morgan fingerprint density at radius 3 is 2.12 bits per heavy atom. The van der Waals surface area contributed by atoms with Crippen molar-refractivity contribution in [2.45, 2.75) is 26.7 Å². The highest BCUT2D eigenvalue weighted by atomic mass is 16.6. The lowest BCUT2D eigenvalue weighted by Gasteiger charge is -2.09. The Balaban J connectivity index is 1.69. The molecule has 0 spiro atoms. The summed E-state index contributed by atoms with van der Waals surface area (Å²) in [6.07, 6.45) is 1.55. The van der Waals surface area contributed by atoms with Gasteiger partial charge in [0.05, 0.1) is 24.7 Å². The average molecular weight is 345 g/mol. The Hall–Kier alpha value is -2.76. The minimum Gasteiger partial charge on any atom is -0.494 e. The third kappa shape index (κ3) is 5.99. The predicted octanol–water partition coefficient (Wildman–Crippen LogP) is 4.54. The highest BCUT2D eigenvalue weighted by molar-refractivity contribution is 5.48. The van der Waals surface area contributed by atoms with E-state index in [4.69, 9.17) is 14.2 Å². The first kappa shape index (κ1) is 18.6. The third-order valence-electron chi connectivity index (χ3n) is 3.51. The first-order valence-corrected chi connectivity index (χ1v) is 8.33. The number of benzene rings is 2. The molecule has 0 saturated carbocycles. The molecule has 6 heteroatoms. The Bertz CT molecular complexity index is 685. The van der Waals surface area contributed by atoms with Gasteiger partial charge in [-0.25, -0.2) is 0 Å². The molecule has 0 bridgehead atoms. The lowest BCUT2D eigenvalue weighted by molar-refractivity contribution is -0.385. The average Bonchev–Trinajstić information content (AvgIpc) is 2.60. The number of nitrogens with zero attached hydrogens (tertiary/aromatic N) is 1. The summed E-state index contributed by atoms with van der Waals surface area (Å²) in [5.41, 5.74) is 0.841. The molecular weight excluding hydrogens is 322 g/mol. The Kier molecular flexibility index (Phi) is 7.07. The zero-order chi connectivity index (χ0) is 18.1. The van der Waals surface area contributed by atoms with Gasteiger partial charge in [0.2, 0.25) is 0 Å². The van der Waals surface area contributed by atoms with Crippen molar-refractivity contribution >= 4 is 5.69 Å². The van der Waals surface area contributed by atoms with Crippen LogP contribution in [0.4, 0.5) is 5.69 Å². The van der Waals surface area contributed by atoms with E-state index in [2.05, 4.69) is 0 Å². The van der Waals surface area contributed by atoms with Crippen LogP contribution in [0.25, 0.3) is 0 Å². The second kappa shape index (κ2) is 9.52. The number of aryl methyl sites for hydroxylation is 1. The van der Waals surface area contributed by atoms with Crippen LogP contribution in [-0.4, -0.2) is 24.7 Å². The molecule has 0 aliphatic heterocycles. The van der Waals surface area contributed by atoms with Gasteiger partial charge in [-0.05, 0) is 62.6 Å². The van der Waals surface area contributed by atoms with E-state index in [-0.39, 0.29) is 5.69 Å². The molecule has 0 heterocycles. The molecule has 0 fully saturated rings. The van der Waals surface area contributed by atoms with Crippen LogP contribution in [0.3, 0.4) is 0 Å². The van der Waals surface area contributed by atoms with Gasteiger partial charge in [0, 0.05) is 6.07 Å². The van der Waals surface area contributed by atoms with E-state index < -0.39 is 4.92 Å². The molecule has 0 aliphatic carbocycles. The predicted molar refractivity (Wildman–Crippen MR) is 95.7 cm³/mol. The molecule has 134 valence electrons. The molecule has 0 amide bonds. The van der Waals surface area contributed by atoms with Crippen molar-refractivity contribution in [3.05, 3.63) is 58.1 Å². The maximum Gasteiger partial charge on any atom is 0.311 e. The number of hydrogen-bond donors (Lipinski definition) is 0. The molecule has 0 aromatic heterocycles. The normalized spacial score (nSPS) is 10.3. The number of hydrogen-bond acceptors (Lipinski definition) is 5. The van der Waals surface area contributed by atoms with Crippen LogP contribution in [0.2, 0.25) is 0 Å². The van der Waals surface area contributed by atoms with Crippen LogP contribution in [0.5, 0.6) is 17.2 Å². The van der Waals surface area contributed by atoms with E-state index in [1.54, 1.807) is 12.1 Å². The molecule has 2 rings (SSSR count). The molecule has 0 unspecified atom stereocenters. The van der Waals surface area contributed by atoms with Crippen LogP contribution in [0.15, 0.2) is 42.5 Å². The van der Waals surface area contributed by atoms with Gasteiger partial charge < -0.3 is 14.2 Å². The summed E-state index contributed by atoms with van der Waals surface area (Å²) in [5.74, 6) is 1.92. The summed E-state index contributed by atoms with van der Waals surface area (Å²) in [5, 5.41) is 11.0. The summed E-state index contributed by atoms with van der Waals surface area (Å²) >= 11 is 0. The molecule has 25 heavy (non-hydrogen) atoms. The monoisotopic (exact) mass is 345 g/mol. The third-order valence-corrected chi connectivity index (χ3v) is 3.51. The van der Waals surface area contributed by atoms with Crippen molar-refractivity contribution in [3.63, 3.8) is 0 Å². The van der Waals surface area contributed by atoms with E-state index in [0.29, 0.717) is 25.6 Å². The summed E-state index contributed by atoms with van der Waals surface area (Å²) in [4.78, 5) is 10.6. The van der Waals surface area contributed by atoms with Crippen LogP contribution >= 0.6 is 0 Å². The zero-order valence-electron chi connectivity index (χ0n) is 14.6. The minimum atomic E-state index is -0.419. The second-order valence-electron chi connectivity index (χ2n) is 5.54. The summed E-state index contributed by atoms with van der Waals surface area (Å²) in [7, 11) is 0. The molecule has 0 atom stereocenters. The number of unbranched alkanes of at least 4 members (excludes halogenated alkanes) is 1. The van der Waals surface area contributed by atoms with Crippen molar-refractivity contribution in [3.8, 4) is 17.2 Å². The maximum absolute atomic E-state index is 11.0. The van der Waals surface area contributed by atoms with Gasteiger partial charge in [0.15, 0.2) is 5.75 Å². The largest absolute Gasteiger partial charge is 0.494 e. The number of nitro groups is 1. The fourth-order valence-corrected chi connectivity index (χ4v) is 2.27. The highest BCUT2D eigenvalue weighted by Gasteiger charge is 2.14. The number of rotatable bonds is 10. The van der Waals surface area contributed by atoms with Crippen LogP contribution < -0.4 is 14.2 Å². The zero-order valence-corrected chi connectivity index (χ0v) is 14.6. The molecule has 0 radical (unpaired) electrons. The van der Waals surface area contributed by atoms with Gasteiger partial charge in [-0.2, -0.15) is 0 Å². The van der Waals surface area contributed by atoms with Crippen LogP contribution in [0.1, 0.15) is 25.3 Å². The minimum absolute atomic E-state index is 0.00522. The van der Waals surface area contributed by atoms with Crippen LogP contribution in [-0.2, 0) is 0 Å². The van der Waals surface area contributed by atoms with E-state index in [0.717, 1.165) is 29.9 Å². The van der Waals surface area contributed by atoms with Gasteiger partial charge in [-0.1, -0.05) is 6.07 Å². The van der Waals surface area contributed by atoms with Gasteiger partial charge in [-0.3, -0.25) is 10.1 Å². The van der Waals surface area contributed by atoms with Crippen molar-refractivity contribution in [1.29, 1.82) is 0 Å². The highest BCUT2D eigenvalue weighted by Crippen LogP contribution is 2.27. The lowest BCUT2D eigenvalue weighted by Crippen LogP contribution is -2.04. The second-order valence-corrected chi connectivity index (χ2v) is 5.54. The fraction of sp³-hybridized carbons (Fsp3) is 0.368. The van der Waals surface area contributed by atoms with Gasteiger partial charge in [0.25, 0.3) is 0 Å². The first-order chi connectivity index (χ1) is 12.1. The van der Waals surface area contributed by atoms with Crippen molar-refractivity contribution < 1.29 is 19.1 Å². The Labute approximate surface area is 147 Å². The van der Waals surface area contributed by atoms with Crippen molar-refractivity contribution in [2.75, 3.05) is 19.8 Å². The lowest BCUT2D eigenvalue weighted by atomic mass is 10.2. The van der Waals surface area contributed by atoms with Crippen molar-refractivity contribution in [2.24, 2.45) is 0 Å². The Morgan fingerprint density at radius 2 is 1.52 bits per heavy atom. The summed E-state index contributed by atoms with van der Waals surface area (Å²) in [6.45, 7) is 5.37. The van der Waals surface area contributed by atoms with Gasteiger partial charge in [0.1, 0.15) is 11.5 Å². The number of nitro benzene ring substituents is 1. The Morgan fingerprint density at radius 1 is 0.920 bits per heavy atom.